The van der Waals surface area contributed by atoms with Gasteiger partial charge in [-0.1, -0.05) is 36.4 Å². The van der Waals surface area contributed by atoms with Gasteiger partial charge in [0, 0.05) is 26.3 Å². The molecule has 7 nitrogen and oxygen atoms in total. The smallest absolute Gasteiger partial charge is 0.227 e. The minimum absolute atomic E-state index is 0.0732. The molecule has 0 unspecified atom stereocenters. The van der Waals surface area contributed by atoms with Crippen LogP contribution in [0.1, 0.15) is 22.5 Å². The van der Waals surface area contributed by atoms with Gasteiger partial charge in [-0.05, 0) is 28.8 Å². The number of rotatable bonds is 9. The Hall–Kier alpha value is -2.94. The van der Waals surface area contributed by atoms with Crippen LogP contribution in [0.15, 0.2) is 75.0 Å². The maximum absolute atomic E-state index is 12.4. The van der Waals surface area contributed by atoms with Gasteiger partial charge in [0.15, 0.2) is 9.84 Å². The molecule has 1 aliphatic rings. The van der Waals surface area contributed by atoms with Gasteiger partial charge in [0.25, 0.3) is 0 Å². The fraction of sp³-hybridized carbons (Fsp3) is 0.292. The van der Waals surface area contributed by atoms with Gasteiger partial charge >= 0.3 is 0 Å². The van der Waals surface area contributed by atoms with Crippen molar-refractivity contribution in [2.24, 2.45) is 0 Å². The molecule has 2 heterocycles. The molecule has 0 saturated carbocycles. The summed E-state index contributed by atoms with van der Waals surface area (Å²) in [5.41, 5.74) is 3.09. The number of hydrogen-bond acceptors (Lipinski definition) is 7. The SMILES string of the molecule is COCCS(=O)(=O)c1ccc(COc2coc(CN3Cc4ccccc4C3)cc2=O)cc1. The summed E-state index contributed by atoms with van der Waals surface area (Å²) in [7, 11) is -1.92. The molecule has 0 bridgehead atoms. The second kappa shape index (κ2) is 9.68. The van der Waals surface area contributed by atoms with Gasteiger partial charge < -0.3 is 13.9 Å². The molecule has 0 spiro atoms. The van der Waals surface area contributed by atoms with E-state index in [1.54, 1.807) is 12.1 Å². The quantitative estimate of drug-likeness (QED) is 0.490. The highest BCUT2D eigenvalue weighted by Gasteiger charge is 2.19. The summed E-state index contributed by atoms with van der Waals surface area (Å²) in [4.78, 5) is 14.9. The van der Waals surface area contributed by atoms with Crippen molar-refractivity contribution >= 4 is 9.84 Å². The van der Waals surface area contributed by atoms with E-state index in [0.717, 1.165) is 18.7 Å². The predicted molar refractivity (Wildman–Crippen MR) is 119 cm³/mol. The van der Waals surface area contributed by atoms with Gasteiger partial charge in [-0.25, -0.2) is 8.42 Å². The Morgan fingerprint density at radius 1 is 1.03 bits per heavy atom. The van der Waals surface area contributed by atoms with E-state index >= 15 is 0 Å². The molecule has 0 radical (unpaired) electrons. The van der Waals surface area contributed by atoms with Crippen LogP contribution in [0.3, 0.4) is 0 Å². The standard InChI is InChI=1S/C24H25NO6S/c1-29-10-11-32(27,28)22-8-6-18(7-9-22)16-31-24-17-30-21(12-23(24)26)15-25-13-19-4-2-3-5-20(19)14-25/h2-9,12,17H,10-11,13-16H2,1H3. The fourth-order valence-electron chi connectivity index (χ4n) is 3.63. The summed E-state index contributed by atoms with van der Waals surface area (Å²) in [6, 6.07) is 16.1. The van der Waals surface area contributed by atoms with E-state index in [2.05, 4.69) is 17.0 Å². The van der Waals surface area contributed by atoms with Gasteiger partial charge in [0.2, 0.25) is 11.2 Å². The Morgan fingerprint density at radius 3 is 2.34 bits per heavy atom. The number of benzene rings is 2. The largest absolute Gasteiger partial charge is 0.482 e. The maximum atomic E-state index is 12.4. The molecule has 32 heavy (non-hydrogen) atoms. The first-order chi connectivity index (χ1) is 15.4. The molecule has 0 aliphatic carbocycles. The highest BCUT2D eigenvalue weighted by molar-refractivity contribution is 7.91. The molecule has 4 rings (SSSR count). The number of nitrogens with zero attached hydrogens (tertiary/aromatic N) is 1. The van der Waals surface area contributed by atoms with Gasteiger partial charge in [0.1, 0.15) is 18.6 Å². The maximum Gasteiger partial charge on any atom is 0.227 e. The lowest BCUT2D eigenvalue weighted by Crippen LogP contribution is -2.17. The van der Waals surface area contributed by atoms with Crippen LogP contribution in [0.4, 0.5) is 0 Å². The van der Waals surface area contributed by atoms with Gasteiger partial charge in [-0.15, -0.1) is 0 Å². The second-order valence-corrected chi connectivity index (χ2v) is 9.84. The van der Waals surface area contributed by atoms with E-state index in [1.165, 1.54) is 42.7 Å². The van der Waals surface area contributed by atoms with E-state index in [0.29, 0.717) is 12.3 Å². The van der Waals surface area contributed by atoms with Crippen LogP contribution in [0, 0.1) is 0 Å². The third-order valence-corrected chi connectivity index (χ3v) is 7.07. The molecule has 0 atom stereocenters. The molecule has 8 heteroatoms. The molecule has 1 aliphatic heterocycles. The van der Waals surface area contributed by atoms with Gasteiger partial charge in [-0.2, -0.15) is 0 Å². The lowest BCUT2D eigenvalue weighted by molar-refractivity contribution is 0.217. The molecule has 2 aromatic carbocycles. The molecule has 168 valence electrons. The van der Waals surface area contributed by atoms with E-state index in [-0.39, 0.29) is 35.0 Å². The van der Waals surface area contributed by atoms with Crippen molar-refractivity contribution in [3.63, 3.8) is 0 Å². The topological polar surface area (TPSA) is 86.1 Å². The van der Waals surface area contributed by atoms with Gasteiger partial charge in [0.05, 0.1) is 23.8 Å². The van der Waals surface area contributed by atoms with Crippen molar-refractivity contribution in [3.05, 3.63) is 93.5 Å². The summed E-state index contributed by atoms with van der Waals surface area (Å²) in [5.74, 6) is 0.631. The van der Waals surface area contributed by atoms with Crippen LogP contribution in [-0.4, -0.2) is 32.8 Å². The number of hydrogen-bond donors (Lipinski definition) is 0. The van der Waals surface area contributed by atoms with Crippen molar-refractivity contribution in [3.8, 4) is 5.75 Å². The first-order valence-corrected chi connectivity index (χ1v) is 11.9. The first-order valence-electron chi connectivity index (χ1n) is 10.3. The minimum Gasteiger partial charge on any atom is -0.482 e. The molecule has 3 aromatic rings. The van der Waals surface area contributed by atoms with Crippen LogP contribution in [0.2, 0.25) is 0 Å². The monoisotopic (exact) mass is 455 g/mol. The van der Waals surface area contributed by atoms with E-state index in [1.807, 2.05) is 12.1 Å². The van der Waals surface area contributed by atoms with Crippen LogP contribution < -0.4 is 10.2 Å². The summed E-state index contributed by atoms with van der Waals surface area (Å²) >= 11 is 0. The minimum atomic E-state index is -3.38. The molecular weight excluding hydrogens is 430 g/mol. The normalized spacial score (nSPS) is 13.8. The Labute approximate surface area is 187 Å². The van der Waals surface area contributed by atoms with Crippen LogP contribution in [0.5, 0.6) is 5.75 Å². The van der Waals surface area contributed by atoms with Crippen LogP contribution in [0.25, 0.3) is 0 Å². The Balaban J connectivity index is 1.34. The Morgan fingerprint density at radius 2 is 1.72 bits per heavy atom. The van der Waals surface area contributed by atoms with Crippen molar-refractivity contribution in [1.82, 2.24) is 4.90 Å². The average molecular weight is 456 g/mol. The summed E-state index contributed by atoms with van der Waals surface area (Å²) in [6.07, 6.45) is 1.34. The molecular formula is C24H25NO6S. The third kappa shape index (κ3) is 5.27. The average Bonchev–Trinajstić information content (AvgIpc) is 3.20. The second-order valence-electron chi connectivity index (χ2n) is 7.73. The van der Waals surface area contributed by atoms with Crippen molar-refractivity contribution in [2.45, 2.75) is 31.1 Å². The lowest BCUT2D eigenvalue weighted by atomic mass is 10.1. The highest BCUT2D eigenvalue weighted by atomic mass is 32.2. The van der Waals surface area contributed by atoms with E-state index in [4.69, 9.17) is 13.9 Å². The molecule has 0 amide bonds. The summed E-state index contributed by atoms with van der Waals surface area (Å²) < 4.78 is 40.4. The van der Waals surface area contributed by atoms with Crippen molar-refractivity contribution < 1.29 is 22.3 Å². The van der Waals surface area contributed by atoms with Crippen LogP contribution >= 0.6 is 0 Å². The summed E-state index contributed by atoms with van der Waals surface area (Å²) in [6.45, 7) is 2.47. The Bertz CT molecular complexity index is 1210. The molecule has 0 N–H and O–H groups in total. The zero-order valence-corrected chi connectivity index (χ0v) is 18.6. The van der Waals surface area contributed by atoms with E-state index in [9.17, 15) is 13.2 Å². The summed E-state index contributed by atoms with van der Waals surface area (Å²) in [5, 5.41) is 0. The van der Waals surface area contributed by atoms with Gasteiger partial charge in [-0.3, -0.25) is 9.69 Å². The lowest BCUT2D eigenvalue weighted by Gasteiger charge is -2.14. The fourth-order valence-corrected chi connectivity index (χ4v) is 4.80. The highest BCUT2D eigenvalue weighted by Crippen LogP contribution is 2.24. The Kier molecular flexibility index (Phi) is 6.74. The molecule has 0 saturated heterocycles. The molecule has 1 aromatic heterocycles. The third-order valence-electron chi connectivity index (χ3n) is 5.37. The number of sulfone groups is 1. The van der Waals surface area contributed by atoms with Crippen LogP contribution in [-0.2, 0) is 40.8 Å². The zero-order valence-electron chi connectivity index (χ0n) is 17.8. The predicted octanol–water partition coefficient (Wildman–Crippen LogP) is 3.15. The number of ether oxygens (including phenoxy) is 2. The molecule has 0 fully saturated rings. The first kappa shape index (κ1) is 22.3. The zero-order chi connectivity index (χ0) is 22.6. The number of fused-ring (bicyclic) bond motifs is 1. The number of methoxy groups -OCH3 is 1. The van der Waals surface area contributed by atoms with Crippen molar-refractivity contribution in [2.75, 3.05) is 19.5 Å². The van der Waals surface area contributed by atoms with E-state index < -0.39 is 9.84 Å². The van der Waals surface area contributed by atoms with Crippen molar-refractivity contribution in [1.29, 1.82) is 0 Å².